The molecule has 11 atom stereocenters. The van der Waals surface area contributed by atoms with Gasteiger partial charge in [-0.05, 0) is 153 Å². The lowest BCUT2D eigenvalue weighted by Crippen LogP contribution is -2.63. The number of nitrogens with zero attached hydrogens (tertiary/aromatic N) is 2. The van der Waals surface area contributed by atoms with Crippen molar-refractivity contribution in [2.24, 2.45) is 79.3 Å². The fourth-order valence-corrected chi connectivity index (χ4v) is 11.7. The Balaban J connectivity index is 1.17. The number of carbonyl (C=O) groups is 3. The molecule has 0 spiro atoms. The largest absolute Gasteiger partial charge is 0.461 e. The highest BCUT2D eigenvalue weighted by molar-refractivity contribution is 6.05. The molecule has 0 aromatic heterocycles. The number of amides is 2. The summed E-state index contributed by atoms with van der Waals surface area (Å²) < 4.78 is 5.57. The zero-order chi connectivity index (χ0) is 45.1. The van der Waals surface area contributed by atoms with E-state index in [1.807, 2.05) is 30.3 Å². The number of fused-ring (bicyclic) bond motifs is 5. The molecule has 0 aliphatic heterocycles. The number of nitrogens with two attached hydrogens (primary N) is 4. The predicted octanol–water partition coefficient (Wildman–Crippen LogP) is 4.94. The van der Waals surface area contributed by atoms with Crippen LogP contribution in [0.5, 0.6) is 0 Å². The van der Waals surface area contributed by atoms with Crippen molar-refractivity contribution in [2.75, 3.05) is 0 Å². The lowest BCUT2D eigenvalue weighted by molar-refractivity contribution is -0.211. The maximum Gasteiger partial charge on any atom is 0.306 e. The Morgan fingerprint density at radius 1 is 0.887 bits per heavy atom. The summed E-state index contributed by atoms with van der Waals surface area (Å²) >= 11 is 0. The van der Waals surface area contributed by atoms with E-state index in [1.54, 1.807) is 44.2 Å². The highest BCUT2D eigenvalue weighted by atomic mass is 16.5. The molecule has 332 valence electrons. The van der Waals surface area contributed by atoms with Crippen LogP contribution in [0, 0.1) is 58.2 Å². The van der Waals surface area contributed by atoms with Crippen molar-refractivity contribution in [2.45, 2.75) is 117 Å². The van der Waals surface area contributed by atoms with E-state index in [0.717, 1.165) is 18.4 Å². The normalized spacial score (nSPS) is 32.1. The molecule has 4 aliphatic carbocycles. The average Bonchev–Trinajstić information content (AvgIpc) is 3.58. The van der Waals surface area contributed by atoms with Gasteiger partial charge >= 0.3 is 5.97 Å². The molecule has 2 amide bonds. The number of aliphatic imine (C=N–C) groups is 2. The van der Waals surface area contributed by atoms with Crippen LogP contribution >= 0.6 is 0 Å². The van der Waals surface area contributed by atoms with Gasteiger partial charge in [0.1, 0.15) is 12.2 Å². The molecule has 0 heterocycles. The second kappa shape index (κ2) is 18.6. The molecule has 2 aromatic carbocycles. The minimum atomic E-state index is -1.31. The van der Waals surface area contributed by atoms with Gasteiger partial charge in [-0.2, -0.15) is 9.98 Å². The molecule has 4 saturated carbocycles. The molecule has 62 heavy (non-hydrogen) atoms. The molecule has 13 heteroatoms. The van der Waals surface area contributed by atoms with Crippen molar-refractivity contribution < 1.29 is 34.4 Å². The van der Waals surface area contributed by atoms with E-state index < -0.39 is 29.6 Å². The van der Waals surface area contributed by atoms with Gasteiger partial charge in [0, 0.05) is 23.1 Å². The molecule has 11 N–H and O–H groups in total. The summed E-state index contributed by atoms with van der Waals surface area (Å²) in [6.07, 6.45) is 7.61. The zero-order valence-corrected chi connectivity index (χ0v) is 36.6. The Kier molecular flexibility index (Phi) is 13.9. The van der Waals surface area contributed by atoms with Gasteiger partial charge in [0.05, 0.1) is 12.2 Å². The number of guanidine groups is 2. The van der Waals surface area contributed by atoms with Crippen molar-refractivity contribution in [3.8, 4) is 11.8 Å². The molecule has 4 fully saturated rings. The summed E-state index contributed by atoms with van der Waals surface area (Å²) in [5.74, 6) is 4.82. The number of carbonyl (C=O) groups excluding carboxylic acids is 3. The van der Waals surface area contributed by atoms with Crippen LogP contribution < -0.4 is 22.9 Å². The molecule has 0 radical (unpaired) electrons. The van der Waals surface area contributed by atoms with E-state index >= 15 is 0 Å². The standard InChI is InChI=1S/C49H64N6O7/c1-28(11-16-41(58)62-27-32-9-7-6-8-10-32)36-14-15-37-42-38(25-40(57)48(36,37)5)47(4)19-20-49(61,26-35(47)24-39(42)56)18-17-31-12-13-33(21-29(2)43(59)54-45(50)51)34(23-31)22-30(3)44(60)55-46(52)53/h6-10,12-13,21-23,28,35-40,42,56-57,61H,11,14-16,19-20,24-27H2,1-5H3,(H4,50,51,54,59)(H4,52,53,55,60)/b29-21-,30-22-/t28?,35?,36?,37?,38?,39?,40-,42?,47-,48+,49+/m0/s1. The summed E-state index contributed by atoms with van der Waals surface area (Å²) in [4.78, 5) is 45.1. The van der Waals surface area contributed by atoms with Crippen LogP contribution in [0.2, 0.25) is 0 Å². The van der Waals surface area contributed by atoms with E-state index in [4.69, 9.17) is 27.7 Å². The third kappa shape index (κ3) is 9.83. The van der Waals surface area contributed by atoms with Crippen LogP contribution in [0.1, 0.15) is 115 Å². The molecule has 13 nitrogen and oxygen atoms in total. The fraction of sp³-hybridized carbons (Fsp3) is 0.531. The number of aliphatic hydroxyl groups is 3. The average molecular weight is 849 g/mol. The smallest absolute Gasteiger partial charge is 0.306 e. The number of rotatable bonds is 10. The summed E-state index contributed by atoms with van der Waals surface area (Å²) in [6.45, 7) is 10.1. The van der Waals surface area contributed by atoms with Gasteiger partial charge < -0.3 is 43.0 Å². The molecule has 7 unspecified atom stereocenters. The van der Waals surface area contributed by atoms with Crippen LogP contribution in [0.15, 0.2) is 69.7 Å². The molecule has 6 rings (SSSR count). The van der Waals surface area contributed by atoms with Gasteiger partial charge in [0.25, 0.3) is 11.8 Å². The summed E-state index contributed by atoms with van der Waals surface area (Å²) in [6, 6.07) is 14.9. The Labute approximate surface area is 365 Å². The molecule has 4 aliphatic rings. The van der Waals surface area contributed by atoms with Crippen molar-refractivity contribution in [1.29, 1.82) is 0 Å². The first kappa shape index (κ1) is 46.2. The molecule has 0 bridgehead atoms. The van der Waals surface area contributed by atoms with E-state index in [1.165, 1.54) is 0 Å². The Morgan fingerprint density at radius 2 is 1.53 bits per heavy atom. The number of ether oxygens (including phenoxy) is 1. The summed E-state index contributed by atoms with van der Waals surface area (Å²) in [5, 5.41) is 36.2. The number of hydrogen-bond donors (Lipinski definition) is 7. The first-order chi connectivity index (χ1) is 29.2. The minimum absolute atomic E-state index is 0.0117. The molecular formula is C49H64N6O7. The van der Waals surface area contributed by atoms with Gasteiger partial charge in [-0.15, -0.1) is 0 Å². The van der Waals surface area contributed by atoms with Crippen LogP contribution in [-0.4, -0.2) is 62.8 Å². The van der Waals surface area contributed by atoms with Gasteiger partial charge in [-0.25, -0.2) is 0 Å². The Morgan fingerprint density at radius 3 is 2.18 bits per heavy atom. The highest BCUT2D eigenvalue weighted by Crippen LogP contribution is 2.69. The second-order valence-electron chi connectivity index (χ2n) is 18.9. The number of benzene rings is 2. The SMILES string of the molecule is C/C(=C/c1ccc(C#C[C@@]2(O)CC[C@@]3(C)C(CC(O)C4C3C[C@H](O)[C@]3(C)C(C(C)CCC(=O)OCc5ccccc5)CCC43)C2)cc1/C=C(/C)C(=O)N=C(N)N)C(=O)N=C(N)N. The number of aliphatic hydroxyl groups excluding tert-OH is 2. The van der Waals surface area contributed by atoms with E-state index in [9.17, 15) is 29.7 Å². The molecule has 2 aromatic rings. The maximum absolute atomic E-state index is 12.7. The summed E-state index contributed by atoms with van der Waals surface area (Å²) in [5.41, 5.74) is 22.9. The monoisotopic (exact) mass is 848 g/mol. The first-order valence-corrected chi connectivity index (χ1v) is 21.8. The van der Waals surface area contributed by atoms with Crippen LogP contribution in [0.25, 0.3) is 12.2 Å². The van der Waals surface area contributed by atoms with Gasteiger partial charge in [0.2, 0.25) is 0 Å². The minimum Gasteiger partial charge on any atom is -0.461 e. The number of hydrogen-bond acceptors (Lipinski definition) is 7. The van der Waals surface area contributed by atoms with E-state index in [2.05, 4.69) is 42.6 Å². The Bertz CT molecular complexity index is 2220. The first-order valence-electron chi connectivity index (χ1n) is 21.8. The van der Waals surface area contributed by atoms with Gasteiger partial charge in [0.15, 0.2) is 11.9 Å². The lowest BCUT2D eigenvalue weighted by atomic mass is 9.42. The molecular weight excluding hydrogens is 785 g/mol. The number of esters is 1. The quantitative estimate of drug-likeness (QED) is 0.0555. The summed E-state index contributed by atoms with van der Waals surface area (Å²) in [7, 11) is 0. The highest BCUT2D eigenvalue weighted by Gasteiger charge is 2.66. The predicted molar refractivity (Wildman–Crippen MR) is 240 cm³/mol. The lowest BCUT2D eigenvalue weighted by Gasteiger charge is -2.64. The third-order valence-corrected chi connectivity index (χ3v) is 15.1. The zero-order valence-electron chi connectivity index (χ0n) is 36.6. The van der Waals surface area contributed by atoms with Crippen LogP contribution in [0.4, 0.5) is 0 Å². The van der Waals surface area contributed by atoms with Gasteiger partial charge in [-0.3, -0.25) is 14.4 Å². The van der Waals surface area contributed by atoms with Crippen LogP contribution in [-0.2, 0) is 25.7 Å². The van der Waals surface area contributed by atoms with Crippen molar-refractivity contribution in [1.82, 2.24) is 0 Å². The van der Waals surface area contributed by atoms with E-state index in [-0.39, 0.29) is 82.0 Å². The maximum atomic E-state index is 12.7. The van der Waals surface area contributed by atoms with E-state index in [0.29, 0.717) is 61.6 Å². The third-order valence-electron chi connectivity index (χ3n) is 15.1. The second-order valence-corrected chi connectivity index (χ2v) is 18.9. The van der Waals surface area contributed by atoms with Crippen molar-refractivity contribution >= 4 is 41.9 Å². The van der Waals surface area contributed by atoms with Crippen LogP contribution in [0.3, 0.4) is 0 Å². The Hall–Kier alpha value is -5.29. The molecule has 0 saturated heterocycles. The topological polar surface area (TPSA) is 250 Å². The van der Waals surface area contributed by atoms with Crippen molar-refractivity contribution in [3.63, 3.8) is 0 Å². The van der Waals surface area contributed by atoms with Gasteiger partial charge in [-0.1, -0.05) is 69.0 Å². The van der Waals surface area contributed by atoms with Crippen molar-refractivity contribution in [3.05, 3.63) is 81.9 Å². The fourth-order valence-electron chi connectivity index (χ4n) is 11.7.